The average Bonchev–Trinajstić information content (AvgIpc) is 2.75. The van der Waals surface area contributed by atoms with E-state index in [2.05, 4.69) is 16.9 Å². The molecule has 1 aromatic heterocycles. The molecule has 0 spiro atoms. The van der Waals surface area contributed by atoms with Crippen LogP contribution in [0.1, 0.15) is 18.0 Å². The Morgan fingerprint density at radius 2 is 2.50 bits per heavy atom. The Morgan fingerprint density at radius 1 is 1.64 bits per heavy atom. The molecule has 1 atom stereocenters. The number of aromatic nitrogens is 1. The number of ether oxygens (including phenoxy) is 1. The summed E-state index contributed by atoms with van der Waals surface area (Å²) in [5.74, 6) is 0.732. The predicted octanol–water partition coefficient (Wildman–Crippen LogP) is 1.20. The molecule has 0 aliphatic carbocycles. The number of likely N-dealkylation sites (N-methyl/N-ethyl adjacent to an activating group) is 1. The molecule has 2 rings (SSSR count). The maximum absolute atomic E-state index is 5.34. The Kier molecular flexibility index (Phi) is 2.84. The Hall–Kier alpha value is -0.870. The zero-order valence-electron chi connectivity index (χ0n) is 8.69. The minimum atomic E-state index is 0.534. The molecule has 0 N–H and O–H groups in total. The van der Waals surface area contributed by atoms with Crippen LogP contribution in [0, 0.1) is 6.92 Å². The number of nitrogens with zero attached hydrogens (tertiary/aromatic N) is 2. The fourth-order valence-corrected chi connectivity index (χ4v) is 1.74. The van der Waals surface area contributed by atoms with Crippen LogP contribution in [0.3, 0.4) is 0 Å². The lowest BCUT2D eigenvalue weighted by Crippen LogP contribution is -2.31. The monoisotopic (exact) mass is 196 g/mol. The van der Waals surface area contributed by atoms with E-state index in [4.69, 9.17) is 9.15 Å². The highest BCUT2D eigenvalue weighted by atomic mass is 16.5. The van der Waals surface area contributed by atoms with Crippen molar-refractivity contribution in [2.75, 3.05) is 20.3 Å². The number of aryl methyl sites for hydroxylation is 1. The number of hydrogen-bond acceptors (Lipinski definition) is 4. The standard InChI is InChI=1S/C10H16N2O2/c1-8-11-9(6-14-8)5-12(2)10-3-4-13-7-10/h6,10H,3-5,7H2,1-2H3. The van der Waals surface area contributed by atoms with Gasteiger partial charge in [0, 0.05) is 26.1 Å². The molecule has 1 aromatic rings. The van der Waals surface area contributed by atoms with E-state index in [-0.39, 0.29) is 0 Å². The van der Waals surface area contributed by atoms with Crippen LogP contribution < -0.4 is 0 Å². The molecule has 1 saturated heterocycles. The summed E-state index contributed by atoms with van der Waals surface area (Å²) in [5.41, 5.74) is 0.997. The quantitative estimate of drug-likeness (QED) is 0.728. The van der Waals surface area contributed by atoms with Crippen LogP contribution in [0.25, 0.3) is 0 Å². The Balaban J connectivity index is 1.90. The summed E-state index contributed by atoms with van der Waals surface area (Å²) in [6, 6.07) is 0.534. The minimum Gasteiger partial charge on any atom is -0.449 e. The summed E-state index contributed by atoms with van der Waals surface area (Å²) in [7, 11) is 2.10. The van der Waals surface area contributed by atoms with Crippen LogP contribution in [-0.2, 0) is 11.3 Å². The maximum atomic E-state index is 5.34. The van der Waals surface area contributed by atoms with E-state index < -0.39 is 0 Å². The first-order valence-corrected chi connectivity index (χ1v) is 4.94. The molecular weight excluding hydrogens is 180 g/mol. The second-order valence-corrected chi connectivity index (χ2v) is 3.79. The molecular formula is C10H16N2O2. The molecule has 0 saturated carbocycles. The molecule has 1 aliphatic heterocycles. The first-order chi connectivity index (χ1) is 6.75. The largest absolute Gasteiger partial charge is 0.449 e. The van der Waals surface area contributed by atoms with Gasteiger partial charge in [-0.3, -0.25) is 4.90 Å². The van der Waals surface area contributed by atoms with E-state index >= 15 is 0 Å². The third kappa shape index (κ3) is 2.13. The van der Waals surface area contributed by atoms with Crippen molar-refractivity contribution in [1.29, 1.82) is 0 Å². The van der Waals surface area contributed by atoms with Crippen LogP contribution in [0.4, 0.5) is 0 Å². The Labute approximate surface area is 83.9 Å². The van der Waals surface area contributed by atoms with Crippen molar-refractivity contribution in [3.63, 3.8) is 0 Å². The first-order valence-electron chi connectivity index (χ1n) is 4.94. The molecule has 1 unspecified atom stereocenters. The molecule has 1 fully saturated rings. The van der Waals surface area contributed by atoms with E-state index in [9.17, 15) is 0 Å². The normalized spacial score (nSPS) is 22.1. The summed E-state index contributed by atoms with van der Waals surface area (Å²) in [4.78, 5) is 6.54. The van der Waals surface area contributed by atoms with Crippen LogP contribution in [0.15, 0.2) is 10.7 Å². The highest BCUT2D eigenvalue weighted by Crippen LogP contribution is 2.13. The SMILES string of the molecule is Cc1nc(CN(C)C2CCOC2)co1. The van der Waals surface area contributed by atoms with E-state index in [0.29, 0.717) is 6.04 Å². The summed E-state index contributed by atoms with van der Waals surface area (Å²) in [6.45, 7) is 4.42. The van der Waals surface area contributed by atoms with Crippen molar-refractivity contribution < 1.29 is 9.15 Å². The summed E-state index contributed by atoms with van der Waals surface area (Å²) in [6.07, 6.45) is 2.84. The van der Waals surface area contributed by atoms with E-state index in [1.54, 1.807) is 6.26 Å². The van der Waals surface area contributed by atoms with Crippen LogP contribution in [0.5, 0.6) is 0 Å². The van der Waals surface area contributed by atoms with E-state index in [1.165, 1.54) is 0 Å². The molecule has 1 aliphatic rings. The van der Waals surface area contributed by atoms with Crippen molar-refractivity contribution in [2.45, 2.75) is 25.9 Å². The molecule has 2 heterocycles. The van der Waals surface area contributed by atoms with Crippen LogP contribution in [-0.4, -0.2) is 36.2 Å². The smallest absolute Gasteiger partial charge is 0.191 e. The zero-order chi connectivity index (χ0) is 9.97. The Morgan fingerprint density at radius 3 is 3.07 bits per heavy atom. The van der Waals surface area contributed by atoms with Gasteiger partial charge in [0.15, 0.2) is 5.89 Å². The fourth-order valence-electron chi connectivity index (χ4n) is 1.74. The molecule has 0 radical (unpaired) electrons. The van der Waals surface area contributed by atoms with Crippen molar-refractivity contribution >= 4 is 0 Å². The van der Waals surface area contributed by atoms with Crippen molar-refractivity contribution in [1.82, 2.24) is 9.88 Å². The van der Waals surface area contributed by atoms with Gasteiger partial charge in [0.2, 0.25) is 0 Å². The first kappa shape index (κ1) is 9.68. The highest BCUT2D eigenvalue weighted by molar-refractivity contribution is 4.95. The molecule has 0 bridgehead atoms. The Bertz CT molecular complexity index is 292. The van der Waals surface area contributed by atoms with E-state index in [0.717, 1.165) is 37.8 Å². The highest BCUT2D eigenvalue weighted by Gasteiger charge is 2.20. The lowest BCUT2D eigenvalue weighted by molar-refractivity contribution is 0.155. The lowest BCUT2D eigenvalue weighted by atomic mass is 10.2. The second kappa shape index (κ2) is 4.11. The van der Waals surface area contributed by atoms with Gasteiger partial charge < -0.3 is 9.15 Å². The number of oxazole rings is 1. The molecule has 78 valence electrons. The fraction of sp³-hybridized carbons (Fsp3) is 0.700. The van der Waals surface area contributed by atoms with Gasteiger partial charge in [-0.2, -0.15) is 0 Å². The zero-order valence-corrected chi connectivity index (χ0v) is 8.69. The summed E-state index contributed by atoms with van der Waals surface area (Å²) >= 11 is 0. The number of hydrogen-bond donors (Lipinski definition) is 0. The van der Waals surface area contributed by atoms with Crippen molar-refractivity contribution in [2.24, 2.45) is 0 Å². The lowest BCUT2D eigenvalue weighted by Gasteiger charge is -2.21. The van der Waals surface area contributed by atoms with Crippen LogP contribution >= 0.6 is 0 Å². The topological polar surface area (TPSA) is 38.5 Å². The molecule has 0 aromatic carbocycles. The second-order valence-electron chi connectivity index (χ2n) is 3.79. The van der Waals surface area contributed by atoms with Gasteiger partial charge in [0.25, 0.3) is 0 Å². The third-order valence-corrected chi connectivity index (χ3v) is 2.61. The summed E-state index contributed by atoms with van der Waals surface area (Å²) in [5, 5.41) is 0. The van der Waals surface area contributed by atoms with Gasteiger partial charge in [0.1, 0.15) is 6.26 Å². The predicted molar refractivity (Wildman–Crippen MR) is 51.9 cm³/mol. The molecule has 4 heteroatoms. The molecule has 0 amide bonds. The molecule has 14 heavy (non-hydrogen) atoms. The van der Waals surface area contributed by atoms with Gasteiger partial charge in [-0.25, -0.2) is 4.98 Å². The van der Waals surface area contributed by atoms with Gasteiger partial charge in [-0.15, -0.1) is 0 Å². The third-order valence-electron chi connectivity index (χ3n) is 2.61. The number of rotatable bonds is 3. The van der Waals surface area contributed by atoms with Gasteiger partial charge in [-0.1, -0.05) is 0 Å². The minimum absolute atomic E-state index is 0.534. The average molecular weight is 196 g/mol. The maximum Gasteiger partial charge on any atom is 0.191 e. The van der Waals surface area contributed by atoms with E-state index in [1.807, 2.05) is 6.92 Å². The van der Waals surface area contributed by atoms with Gasteiger partial charge in [-0.05, 0) is 13.5 Å². The van der Waals surface area contributed by atoms with Crippen LogP contribution in [0.2, 0.25) is 0 Å². The summed E-state index contributed by atoms with van der Waals surface area (Å²) < 4.78 is 10.5. The van der Waals surface area contributed by atoms with Crippen molar-refractivity contribution in [3.8, 4) is 0 Å². The van der Waals surface area contributed by atoms with Crippen molar-refractivity contribution in [3.05, 3.63) is 17.8 Å². The van der Waals surface area contributed by atoms with Gasteiger partial charge in [0.05, 0.1) is 12.3 Å². The molecule has 4 nitrogen and oxygen atoms in total. The van der Waals surface area contributed by atoms with Gasteiger partial charge >= 0.3 is 0 Å².